The van der Waals surface area contributed by atoms with Crippen molar-refractivity contribution in [3.63, 3.8) is 0 Å². The summed E-state index contributed by atoms with van der Waals surface area (Å²) in [5.41, 5.74) is 1.44. The van der Waals surface area contributed by atoms with Crippen LogP contribution in [0.5, 0.6) is 0 Å². The van der Waals surface area contributed by atoms with Crippen LogP contribution in [0.1, 0.15) is 24.1 Å². The van der Waals surface area contributed by atoms with E-state index >= 15 is 0 Å². The summed E-state index contributed by atoms with van der Waals surface area (Å²) in [6.45, 7) is 3.61. The Hall–Kier alpha value is -0.970. The zero-order valence-corrected chi connectivity index (χ0v) is 9.57. The van der Waals surface area contributed by atoms with Gasteiger partial charge < -0.3 is 15.5 Å². The van der Waals surface area contributed by atoms with Crippen molar-refractivity contribution in [3.8, 4) is 0 Å². The molecule has 2 atom stereocenters. The van der Waals surface area contributed by atoms with Gasteiger partial charge >= 0.3 is 0 Å². The fraction of sp³-hybridized carbons (Fsp3) is 0.500. The lowest BCUT2D eigenvalue weighted by Gasteiger charge is -2.16. The first kappa shape index (κ1) is 13.1. The van der Waals surface area contributed by atoms with Gasteiger partial charge in [-0.3, -0.25) is 0 Å². The highest BCUT2D eigenvalue weighted by Crippen LogP contribution is 2.16. The molecule has 1 rings (SSSR count). The third kappa shape index (κ3) is 3.56. The zero-order chi connectivity index (χ0) is 12.1. The average Bonchev–Trinajstić information content (AvgIpc) is 2.29. The number of aliphatic hydroxyl groups excluding tert-OH is 2. The minimum Gasteiger partial charge on any atom is -0.394 e. The lowest BCUT2D eigenvalue weighted by Crippen LogP contribution is -2.31. The Labute approximate surface area is 94.9 Å². The van der Waals surface area contributed by atoms with Crippen molar-refractivity contribution in [3.05, 3.63) is 35.1 Å². The predicted molar refractivity (Wildman–Crippen MR) is 60.6 cm³/mol. The van der Waals surface area contributed by atoms with Gasteiger partial charge in [-0.15, -0.1) is 0 Å². The molecule has 2 unspecified atom stereocenters. The van der Waals surface area contributed by atoms with E-state index in [0.717, 1.165) is 5.56 Å². The topological polar surface area (TPSA) is 52.5 Å². The molecular weight excluding hydrogens is 209 g/mol. The Kier molecular flexibility index (Phi) is 4.86. The number of halogens is 1. The molecule has 90 valence electrons. The highest BCUT2D eigenvalue weighted by atomic mass is 19.1. The van der Waals surface area contributed by atoms with Gasteiger partial charge in [-0.05, 0) is 31.0 Å². The zero-order valence-electron chi connectivity index (χ0n) is 9.57. The molecule has 0 aromatic heterocycles. The Morgan fingerprint density at radius 3 is 2.69 bits per heavy atom. The van der Waals surface area contributed by atoms with E-state index in [1.807, 2.05) is 13.0 Å². The third-order valence-corrected chi connectivity index (χ3v) is 2.57. The number of aliphatic hydroxyl groups is 2. The summed E-state index contributed by atoms with van der Waals surface area (Å²) in [6, 6.07) is 5.00. The first-order valence-electron chi connectivity index (χ1n) is 5.33. The molecule has 3 nitrogen and oxygen atoms in total. The molecule has 4 heteroatoms. The summed E-state index contributed by atoms with van der Waals surface area (Å²) >= 11 is 0. The molecule has 0 radical (unpaired) electrons. The maximum Gasteiger partial charge on any atom is 0.126 e. The quantitative estimate of drug-likeness (QED) is 0.707. The fourth-order valence-corrected chi connectivity index (χ4v) is 1.37. The van der Waals surface area contributed by atoms with Gasteiger partial charge in [0.25, 0.3) is 0 Å². The van der Waals surface area contributed by atoms with Gasteiger partial charge in [0.05, 0.1) is 12.7 Å². The molecule has 0 fully saturated rings. The van der Waals surface area contributed by atoms with E-state index in [9.17, 15) is 4.39 Å². The van der Waals surface area contributed by atoms with Crippen molar-refractivity contribution < 1.29 is 14.6 Å². The third-order valence-electron chi connectivity index (χ3n) is 2.57. The minimum atomic E-state index is -0.780. The van der Waals surface area contributed by atoms with Crippen LogP contribution in [0, 0.1) is 12.7 Å². The van der Waals surface area contributed by atoms with Gasteiger partial charge in [0.2, 0.25) is 0 Å². The molecule has 3 N–H and O–H groups in total. The van der Waals surface area contributed by atoms with Gasteiger partial charge in [-0.2, -0.15) is 0 Å². The van der Waals surface area contributed by atoms with Gasteiger partial charge in [-0.25, -0.2) is 4.39 Å². The molecule has 0 saturated heterocycles. The summed E-state index contributed by atoms with van der Waals surface area (Å²) in [5, 5.41) is 20.8. The smallest absolute Gasteiger partial charge is 0.126 e. The Morgan fingerprint density at radius 2 is 2.12 bits per heavy atom. The van der Waals surface area contributed by atoms with Crippen molar-refractivity contribution in [2.75, 3.05) is 13.2 Å². The van der Waals surface area contributed by atoms with E-state index < -0.39 is 6.10 Å². The monoisotopic (exact) mass is 227 g/mol. The van der Waals surface area contributed by atoms with Gasteiger partial charge in [0.15, 0.2) is 0 Å². The molecule has 0 saturated carbocycles. The van der Waals surface area contributed by atoms with E-state index in [2.05, 4.69) is 5.32 Å². The number of nitrogens with one attached hydrogen (secondary N) is 1. The molecule has 1 aromatic rings. The molecule has 0 aliphatic heterocycles. The number of rotatable bonds is 5. The van der Waals surface area contributed by atoms with Crippen molar-refractivity contribution in [1.82, 2.24) is 5.32 Å². The number of benzene rings is 1. The molecule has 0 heterocycles. The number of hydrogen-bond donors (Lipinski definition) is 3. The predicted octanol–water partition coefficient (Wildman–Crippen LogP) is 1.14. The standard InChI is InChI=1S/C12H18FNO2/c1-8-3-4-10(5-12(8)13)9(2)14-6-11(16)7-15/h3-5,9,11,14-16H,6-7H2,1-2H3. The van der Waals surface area contributed by atoms with Gasteiger partial charge in [0.1, 0.15) is 5.82 Å². The maximum atomic E-state index is 13.3. The lowest BCUT2D eigenvalue weighted by molar-refractivity contribution is 0.0924. The SMILES string of the molecule is Cc1ccc(C(C)NCC(O)CO)cc1F. The second kappa shape index (κ2) is 5.94. The summed E-state index contributed by atoms with van der Waals surface area (Å²) in [7, 11) is 0. The lowest BCUT2D eigenvalue weighted by atomic mass is 10.1. The molecule has 16 heavy (non-hydrogen) atoms. The molecule has 1 aromatic carbocycles. The van der Waals surface area contributed by atoms with E-state index in [-0.39, 0.29) is 25.0 Å². The molecule has 0 aliphatic rings. The normalized spacial score (nSPS) is 14.8. The molecule has 0 aliphatic carbocycles. The Bertz CT molecular complexity index is 344. The maximum absolute atomic E-state index is 13.3. The number of aryl methyl sites for hydroxylation is 1. The van der Waals surface area contributed by atoms with Crippen LogP contribution in [0.15, 0.2) is 18.2 Å². The first-order chi connectivity index (χ1) is 7.54. The largest absolute Gasteiger partial charge is 0.394 e. The second-order valence-corrected chi connectivity index (χ2v) is 3.97. The average molecular weight is 227 g/mol. The highest BCUT2D eigenvalue weighted by molar-refractivity contribution is 5.25. The van der Waals surface area contributed by atoms with Crippen LogP contribution < -0.4 is 5.32 Å². The minimum absolute atomic E-state index is 0.0590. The van der Waals surface area contributed by atoms with E-state index in [1.54, 1.807) is 13.0 Å². The highest BCUT2D eigenvalue weighted by Gasteiger charge is 2.09. The van der Waals surface area contributed by atoms with Gasteiger partial charge in [0, 0.05) is 12.6 Å². The van der Waals surface area contributed by atoms with E-state index in [0.29, 0.717) is 5.56 Å². The van der Waals surface area contributed by atoms with E-state index in [4.69, 9.17) is 10.2 Å². The van der Waals surface area contributed by atoms with Crippen LogP contribution >= 0.6 is 0 Å². The Balaban J connectivity index is 2.59. The van der Waals surface area contributed by atoms with Crippen LogP contribution in [-0.2, 0) is 0 Å². The van der Waals surface area contributed by atoms with Crippen LogP contribution in [0.25, 0.3) is 0 Å². The first-order valence-corrected chi connectivity index (χ1v) is 5.33. The molecule has 0 amide bonds. The van der Waals surface area contributed by atoms with Crippen LogP contribution in [0.3, 0.4) is 0 Å². The van der Waals surface area contributed by atoms with Crippen LogP contribution in [-0.4, -0.2) is 29.5 Å². The summed E-state index contributed by atoms with van der Waals surface area (Å²) < 4.78 is 13.3. The van der Waals surface area contributed by atoms with Crippen molar-refractivity contribution >= 4 is 0 Å². The molecule has 0 spiro atoms. The van der Waals surface area contributed by atoms with Crippen molar-refractivity contribution in [2.45, 2.75) is 26.0 Å². The van der Waals surface area contributed by atoms with Crippen molar-refractivity contribution in [1.29, 1.82) is 0 Å². The van der Waals surface area contributed by atoms with E-state index in [1.165, 1.54) is 6.07 Å². The van der Waals surface area contributed by atoms with Crippen molar-refractivity contribution in [2.24, 2.45) is 0 Å². The molecule has 0 bridgehead atoms. The second-order valence-electron chi connectivity index (χ2n) is 3.97. The number of hydrogen-bond acceptors (Lipinski definition) is 3. The van der Waals surface area contributed by atoms with Crippen LogP contribution in [0.4, 0.5) is 4.39 Å². The summed E-state index contributed by atoms with van der Waals surface area (Å²) in [6.07, 6.45) is -0.780. The van der Waals surface area contributed by atoms with Gasteiger partial charge in [-0.1, -0.05) is 12.1 Å². The van der Waals surface area contributed by atoms with Crippen LogP contribution in [0.2, 0.25) is 0 Å². The summed E-state index contributed by atoms with van der Waals surface area (Å²) in [5.74, 6) is -0.228. The summed E-state index contributed by atoms with van der Waals surface area (Å²) in [4.78, 5) is 0. The fourth-order valence-electron chi connectivity index (χ4n) is 1.37. The Morgan fingerprint density at radius 1 is 1.44 bits per heavy atom. The molecular formula is C12H18FNO2.